The van der Waals surface area contributed by atoms with Crippen LogP contribution in [0.4, 0.5) is 4.39 Å². The first-order valence-corrected chi connectivity index (χ1v) is 5.12. The number of hydrogen-bond donors (Lipinski definition) is 1. The van der Waals surface area contributed by atoms with Crippen LogP contribution in [0.1, 0.15) is 25.3 Å². The van der Waals surface area contributed by atoms with Crippen LogP contribution in [-0.2, 0) is 5.60 Å². The SMILES string of the molecule is COc1cc(F)ccc1C(C)(O)C1CC1. The lowest BCUT2D eigenvalue weighted by atomic mass is 9.90. The molecule has 0 amide bonds. The van der Waals surface area contributed by atoms with E-state index in [2.05, 4.69) is 0 Å². The van der Waals surface area contributed by atoms with Gasteiger partial charge in [-0.2, -0.15) is 0 Å². The Morgan fingerprint density at radius 1 is 1.47 bits per heavy atom. The summed E-state index contributed by atoms with van der Waals surface area (Å²) in [5.74, 6) is 0.353. The van der Waals surface area contributed by atoms with E-state index in [0.717, 1.165) is 12.8 Å². The molecule has 0 saturated heterocycles. The molecule has 2 rings (SSSR count). The maximum Gasteiger partial charge on any atom is 0.127 e. The highest BCUT2D eigenvalue weighted by atomic mass is 19.1. The lowest BCUT2D eigenvalue weighted by Gasteiger charge is -2.25. The van der Waals surface area contributed by atoms with Gasteiger partial charge in [0.25, 0.3) is 0 Å². The van der Waals surface area contributed by atoms with Gasteiger partial charge in [0, 0.05) is 11.6 Å². The van der Waals surface area contributed by atoms with Crippen LogP contribution < -0.4 is 4.74 Å². The molecule has 1 aromatic carbocycles. The van der Waals surface area contributed by atoms with E-state index in [1.807, 2.05) is 0 Å². The number of benzene rings is 1. The lowest BCUT2D eigenvalue weighted by Crippen LogP contribution is -2.24. The van der Waals surface area contributed by atoms with Gasteiger partial charge in [0.1, 0.15) is 11.6 Å². The maximum atomic E-state index is 13.0. The van der Waals surface area contributed by atoms with Gasteiger partial charge in [0.2, 0.25) is 0 Å². The quantitative estimate of drug-likeness (QED) is 0.830. The molecule has 1 saturated carbocycles. The monoisotopic (exact) mass is 210 g/mol. The molecule has 0 radical (unpaired) electrons. The van der Waals surface area contributed by atoms with Gasteiger partial charge in [-0.3, -0.25) is 0 Å². The number of aliphatic hydroxyl groups is 1. The maximum absolute atomic E-state index is 13.0. The molecule has 1 atom stereocenters. The molecular weight excluding hydrogens is 195 g/mol. The van der Waals surface area contributed by atoms with Crippen molar-refractivity contribution in [1.82, 2.24) is 0 Å². The molecule has 2 nitrogen and oxygen atoms in total. The van der Waals surface area contributed by atoms with Crippen molar-refractivity contribution >= 4 is 0 Å². The van der Waals surface area contributed by atoms with E-state index >= 15 is 0 Å². The van der Waals surface area contributed by atoms with Gasteiger partial charge in [-0.25, -0.2) is 4.39 Å². The Balaban J connectivity index is 2.42. The molecule has 1 aliphatic carbocycles. The van der Waals surface area contributed by atoms with Gasteiger partial charge < -0.3 is 9.84 Å². The van der Waals surface area contributed by atoms with Gasteiger partial charge in [0.15, 0.2) is 0 Å². The van der Waals surface area contributed by atoms with Gasteiger partial charge in [-0.15, -0.1) is 0 Å². The predicted octanol–water partition coefficient (Wildman–Crippen LogP) is 2.45. The Morgan fingerprint density at radius 2 is 2.13 bits per heavy atom. The summed E-state index contributed by atoms with van der Waals surface area (Å²) in [6.07, 6.45) is 2.04. The van der Waals surface area contributed by atoms with Crippen LogP contribution in [0.15, 0.2) is 18.2 Å². The molecular formula is C12H15FO2. The van der Waals surface area contributed by atoms with Crippen LogP contribution in [-0.4, -0.2) is 12.2 Å². The van der Waals surface area contributed by atoms with E-state index in [-0.39, 0.29) is 11.7 Å². The van der Waals surface area contributed by atoms with Crippen LogP contribution in [0.2, 0.25) is 0 Å². The number of methoxy groups -OCH3 is 1. The number of ether oxygens (including phenoxy) is 1. The first-order valence-electron chi connectivity index (χ1n) is 5.12. The van der Waals surface area contributed by atoms with Crippen LogP contribution >= 0.6 is 0 Å². The van der Waals surface area contributed by atoms with E-state index < -0.39 is 5.60 Å². The summed E-state index contributed by atoms with van der Waals surface area (Å²) >= 11 is 0. The number of halogens is 1. The fraction of sp³-hybridized carbons (Fsp3) is 0.500. The minimum Gasteiger partial charge on any atom is -0.496 e. The zero-order chi connectivity index (χ0) is 11.1. The molecule has 82 valence electrons. The van der Waals surface area contributed by atoms with Crippen molar-refractivity contribution in [3.05, 3.63) is 29.6 Å². The molecule has 3 heteroatoms. The molecule has 1 aromatic rings. The van der Waals surface area contributed by atoms with Crippen molar-refractivity contribution in [2.75, 3.05) is 7.11 Å². The standard InChI is InChI=1S/C12H15FO2/c1-12(14,8-3-4-8)10-6-5-9(13)7-11(10)15-2/h5-8,14H,3-4H2,1-2H3. The second-order valence-corrected chi connectivity index (χ2v) is 4.27. The van der Waals surface area contributed by atoms with Crippen molar-refractivity contribution in [2.24, 2.45) is 5.92 Å². The Morgan fingerprint density at radius 3 is 2.67 bits per heavy atom. The van der Waals surface area contributed by atoms with Crippen LogP contribution in [0.3, 0.4) is 0 Å². The zero-order valence-corrected chi connectivity index (χ0v) is 8.96. The fourth-order valence-corrected chi connectivity index (χ4v) is 1.95. The van der Waals surface area contributed by atoms with E-state index in [1.165, 1.54) is 19.2 Å². The Hall–Kier alpha value is -1.09. The van der Waals surface area contributed by atoms with Crippen molar-refractivity contribution in [3.8, 4) is 5.75 Å². The summed E-state index contributed by atoms with van der Waals surface area (Å²) in [6, 6.07) is 4.27. The summed E-state index contributed by atoms with van der Waals surface area (Å²) in [7, 11) is 1.49. The molecule has 15 heavy (non-hydrogen) atoms. The highest BCUT2D eigenvalue weighted by Crippen LogP contribution is 2.47. The summed E-state index contributed by atoms with van der Waals surface area (Å²) in [4.78, 5) is 0. The van der Waals surface area contributed by atoms with Gasteiger partial charge in [-0.1, -0.05) is 0 Å². The molecule has 0 aromatic heterocycles. The van der Waals surface area contributed by atoms with E-state index in [4.69, 9.17) is 4.74 Å². The van der Waals surface area contributed by atoms with Crippen molar-refractivity contribution in [3.63, 3.8) is 0 Å². The summed E-state index contributed by atoms with van der Waals surface area (Å²) in [5.41, 5.74) is -0.229. The minimum atomic E-state index is -0.904. The third kappa shape index (κ3) is 1.84. The highest BCUT2D eigenvalue weighted by molar-refractivity contribution is 5.39. The fourth-order valence-electron chi connectivity index (χ4n) is 1.95. The molecule has 1 N–H and O–H groups in total. The van der Waals surface area contributed by atoms with Crippen LogP contribution in [0.25, 0.3) is 0 Å². The first kappa shape index (κ1) is 10.4. The average molecular weight is 210 g/mol. The van der Waals surface area contributed by atoms with E-state index in [1.54, 1.807) is 13.0 Å². The summed E-state index contributed by atoms with van der Waals surface area (Å²) in [5, 5.41) is 10.3. The minimum absolute atomic E-state index is 0.275. The molecule has 1 unspecified atom stereocenters. The Bertz CT molecular complexity index is 370. The topological polar surface area (TPSA) is 29.5 Å². The molecule has 0 aliphatic heterocycles. The highest BCUT2D eigenvalue weighted by Gasteiger charge is 2.42. The molecule has 0 heterocycles. The Kier molecular flexibility index (Phi) is 2.43. The Labute approximate surface area is 88.7 Å². The summed E-state index contributed by atoms with van der Waals surface area (Å²) < 4.78 is 18.1. The second-order valence-electron chi connectivity index (χ2n) is 4.27. The zero-order valence-electron chi connectivity index (χ0n) is 8.96. The first-order chi connectivity index (χ1) is 7.05. The normalized spacial score (nSPS) is 19.7. The average Bonchev–Trinajstić information content (AvgIpc) is 3.00. The second kappa shape index (κ2) is 3.49. The predicted molar refractivity (Wildman–Crippen MR) is 55.2 cm³/mol. The van der Waals surface area contributed by atoms with Crippen molar-refractivity contribution in [1.29, 1.82) is 0 Å². The van der Waals surface area contributed by atoms with Crippen LogP contribution in [0.5, 0.6) is 5.75 Å². The largest absolute Gasteiger partial charge is 0.496 e. The number of hydrogen-bond acceptors (Lipinski definition) is 2. The van der Waals surface area contributed by atoms with Crippen molar-refractivity contribution < 1.29 is 14.2 Å². The molecule has 1 fully saturated rings. The van der Waals surface area contributed by atoms with E-state index in [9.17, 15) is 9.50 Å². The molecule has 0 bridgehead atoms. The number of rotatable bonds is 3. The van der Waals surface area contributed by atoms with Gasteiger partial charge in [0.05, 0.1) is 12.7 Å². The third-order valence-electron chi connectivity index (χ3n) is 3.08. The summed E-state index contributed by atoms with van der Waals surface area (Å²) in [6.45, 7) is 1.76. The lowest BCUT2D eigenvalue weighted by molar-refractivity contribution is 0.0306. The third-order valence-corrected chi connectivity index (χ3v) is 3.08. The molecule has 1 aliphatic rings. The van der Waals surface area contributed by atoms with E-state index in [0.29, 0.717) is 11.3 Å². The smallest absolute Gasteiger partial charge is 0.127 e. The van der Waals surface area contributed by atoms with Gasteiger partial charge in [-0.05, 0) is 37.8 Å². The van der Waals surface area contributed by atoms with Crippen molar-refractivity contribution in [2.45, 2.75) is 25.4 Å². The molecule has 0 spiro atoms. The van der Waals surface area contributed by atoms with Crippen LogP contribution in [0, 0.1) is 11.7 Å². The van der Waals surface area contributed by atoms with Gasteiger partial charge >= 0.3 is 0 Å².